The average Bonchev–Trinajstić information content (AvgIpc) is 3.27. The quantitative estimate of drug-likeness (QED) is 0.622. The van der Waals surface area contributed by atoms with Gasteiger partial charge in [0.15, 0.2) is 0 Å². The summed E-state index contributed by atoms with van der Waals surface area (Å²) in [5.74, 6) is -0.0818. The molecule has 0 aliphatic carbocycles. The number of carbonyl (C=O) groups is 2. The predicted octanol–water partition coefficient (Wildman–Crippen LogP) is 5.18. The monoisotopic (exact) mass is 398 g/mol. The van der Waals surface area contributed by atoms with Crippen LogP contribution in [0.1, 0.15) is 45.5 Å². The molecule has 0 saturated carbocycles. The van der Waals surface area contributed by atoms with Crippen molar-refractivity contribution in [2.75, 3.05) is 11.9 Å². The lowest BCUT2D eigenvalue weighted by Crippen LogP contribution is -2.35. The molecule has 4 nitrogen and oxygen atoms in total. The van der Waals surface area contributed by atoms with Crippen LogP contribution in [0.4, 0.5) is 5.69 Å². The highest BCUT2D eigenvalue weighted by Gasteiger charge is 2.29. The fourth-order valence-corrected chi connectivity index (χ4v) is 4.04. The second kappa shape index (κ2) is 9.40. The minimum Gasteiger partial charge on any atom is -0.336 e. The van der Waals surface area contributed by atoms with E-state index in [0.29, 0.717) is 16.8 Å². The van der Waals surface area contributed by atoms with Crippen molar-refractivity contribution in [2.24, 2.45) is 0 Å². The minimum atomic E-state index is -0.157. The van der Waals surface area contributed by atoms with Gasteiger partial charge in [0.2, 0.25) is 0 Å². The van der Waals surface area contributed by atoms with Crippen molar-refractivity contribution in [3.63, 3.8) is 0 Å². The van der Waals surface area contributed by atoms with Crippen LogP contribution in [0.5, 0.6) is 0 Å². The van der Waals surface area contributed by atoms with Crippen molar-refractivity contribution in [3.8, 4) is 0 Å². The van der Waals surface area contributed by atoms with E-state index in [1.54, 1.807) is 36.4 Å². The smallest absolute Gasteiger partial charge is 0.255 e. The Bertz CT molecular complexity index is 985. The van der Waals surface area contributed by atoms with E-state index in [1.807, 2.05) is 29.2 Å². The van der Waals surface area contributed by atoms with Gasteiger partial charge in [-0.3, -0.25) is 9.59 Å². The zero-order chi connectivity index (χ0) is 20.8. The highest BCUT2D eigenvalue weighted by atomic mass is 16.2. The minimum absolute atomic E-state index is 0.0755. The van der Waals surface area contributed by atoms with E-state index in [1.165, 1.54) is 5.56 Å². The van der Waals surface area contributed by atoms with Gasteiger partial charge in [-0.25, -0.2) is 0 Å². The van der Waals surface area contributed by atoms with Gasteiger partial charge in [-0.15, -0.1) is 0 Å². The number of rotatable bonds is 6. The van der Waals surface area contributed by atoms with Crippen LogP contribution in [0.25, 0.3) is 0 Å². The fraction of sp³-hybridized carbons (Fsp3) is 0.231. The third kappa shape index (κ3) is 4.77. The maximum atomic E-state index is 13.1. The van der Waals surface area contributed by atoms with Gasteiger partial charge in [0.1, 0.15) is 0 Å². The Labute approximate surface area is 177 Å². The molecule has 30 heavy (non-hydrogen) atoms. The number of hydrogen-bond donors (Lipinski definition) is 1. The SMILES string of the molecule is O=C(Nc1ccc(C(=O)N2CCCC2CCc2ccccc2)cc1)c1ccccc1. The largest absolute Gasteiger partial charge is 0.336 e. The van der Waals surface area contributed by atoms with Crippen molar-refractivity contribution >= 4 is 17.5 Å². The number of amides is 2. The van der Waals surface area contributed by atoms with Gasteiger partial charge in [0.05, 0.1) is 0 Å². The molecule has 0 aromatic heterocycles. The molecule has 0 bridgehead atoms. The molecule has 3 aromatic carbocycles. The lowest BCUT2D eigenvalue weighted by Gasteiger charge is -2.25. The first-order valence-electron chi connectivity index (χ1n) is 10.5. The van der Waals surface area contributed by atoms with E-state index in [2.05, 4.69) is 29.6 Å². The normalized spacial score (nSPS) is 15.7. The summed E-state index contributed by atoms with van der Waals surface area (Å²) in [5.41, 5.74) is 3.27. The first-order chi connectivity index (χ1) is 14.7. The number of carbonyl (C=O) groups excluding carboxylic acids is 2. The summed E-state index contributed by atoms with van der Waals surface area (Å²) in [4.78, 5) is 27.4. The molecule has 1 aliphatic heterocycles. The Morgan fingerprint density at radius 1 is 0.833 bits per heavy atom. The number of benzene rings is 3. The Hall–Kier alpha value is -3.40. The van der Waals surface area contributed by atoms with E-state index in [-0.39, 0.29) is 17.9 Å². The molecule has 1 heterocycles. The van der Waals surface area contributed by atoms with Crippen LogP contribution in [0, 0.1) is 0 Å². The van der Waals surface area contributed by atoms with Gasteiger partial charge in [0, 0.05) is 29.4 Å². The third-order valence-electron chi connectivity index (χ3n) is 5.67. The first kappa shape index (κ1) is 19.9. The number of likely N-dealkylation sites (tertiary alicyclic amines) is 1. The summed E-state index contributed by atoms with van der Waals surface area (Å²) in [5, 5.41) is 2.88. The Balaban J connectivity index is 1.37. The number of anilines is 1. The lowest BCUT2D eigenvalue weighted by atomic mass is 10.0. The van der Waals surface area contributed by atoms with Gasteiger partial charge >= 0.3 is 0 Å². The second-order valence-corrected chi connectivity index (χ2v) is 7.72. The molecule has 4 heteroatoms. The summed E-state index contributed by atoms with van der Waals surface area (Å²) >= 11 is 0. The van der Waals surface area contributed by atoms with E-state index < -0.39 is 0 Å². The van der Waals surface area contributed by atoms with Crippen LogP contribution >= 0.6 is 0 Å². The highest BCUT2D eigenvalue weighted by molar-refractivity contribution is 6.04. The Morgan fingerprint density at radius 3 is 2.20 bits per heavy atom. The number of nitrogens with zero attached hydrogens (tertiary/aromatic N) is 1. The Morgan fingerprint density at radius 2 is 1.50 bits per heavy atom. The predicted molar refractivity (Wildman–Crippen MR) is 120 cm³/mol. The van der Waals surface area contributed by atoms with Gasteiger partial charge < -0.3 is 10.2 Å². The van der Waals surface area contributed by atoms with E-state index in [4.69, 9.17) is 0 Å². The van der Waals surface area contributed by atoms with Crippen molar-refractivity contribution in [1.82, 2.24) is 4.90 Å². The topological polar surface area (TPSA) is 49.4 Å². The van der Waals surface area contributed by atoms with Gasteiger partial charge in [-0.2, -0.15) is 0 Å². The molecule has 1 atom stereocenters. The van der Waals surface area contributed by atoms with Crippen molar-refractivity contribution < 1.29 is 9.59 Å². The second-order valence-electron chi connectivity index (χ2n) is 7.72. The average molecular weight is 399 g/mol. The molecule has 1 N–H and O–H groups in total. The maximum Gasteiger partial charge on any atom is 0.255 e. The van der Waals surface area contributed by atoms with Crippen LogP contribution in [0.15, 0.2) is 84.9 Å². The van der Waals surface area contributed by atoms with Crippen LogP contribution in [0.2, 0.25) is 0 Å². The summed E-state index contributed by atoms with van der Waals surface area (Å²) in [6, 6.07) is 27.0. The van der Waals surface area contributed by atoms with Crippen molar-refractivity contribution in [1.29, 1.82) is 0 Å². The molecular formula is C26H26N2O2. The third-order valence-corrected chi connectivity index (χ3v) is 5.67. The Kier molecular flexibility index (Phi) is 6.23. The molecule has 152 valence electrons. The zero-order valence-corrected chi connectivity index (χ0v) is 17.0. The van der Waals surface area contributed by atoms with Gasteiger partial charge in [-0.05, 0) is 67.6 Å². The molecule has 1 saturated heterocycles. The number of aryl methyl sites for hydroxylation is 1. The van der Waals surface area contributed by atoms with Crippen LogP contribution in [0.3, 0.4) is 0 Å². The fourth-order valence-electron chi connectivity index (χ4n) is 4.04. The molecule has 4 rings (SSSR count). The molecule has 1 unspecified atom stereocenters. The zero-order valence-electron chi connectivity index (χ0n) is 17.0. The number of hydrogen-bond acceptors (Lipinski definition) is 2. The van der Waals surface area contributed by atoms with Crippen LogP contribution in [-0.4, -0.2) is 29.3 Å². The molecule has 0 radical (unpaired) electrons. The summed E-state index contributed by atoms with van der Waals surface area (Å²) < 4.78 is 0. The van der Waals surface area contributed by atoms with Gasteiger partial charge in [0.25, 0.3) is 11.8 Å². The van der Waals surface area contributed by atoms with Crippen LogP contribution in [-0.2, 0) is 6.42 Å². The van der Waals surface area contributed by atoms with E-state index in [9.17, 15) is 9.59 Å². The lowest BCUT2D eigenvalue weighted by molar-refractivity contribution is 0.0730. The first-order valence-corrected chi connectivity index (χ1v) is 10.5. The number of nitrogens with one attached hydrogen (secondary N) is 1. The standard InChI is InChI=1S/C26H26N2O2/c29-25(21-10-5-2-6-11-21)27-23-16-14-22(15-17-23)26(30)28-19-7-12-24(28)18-13-20-8-3-1-4-9-20/h1-6,8-11,14-17,24H,7,12-13,18-19H2,(H,27,29). The van der Waals surface area contributed by atoms with Gasteiger partial charge in [-0.1, -0.05) is 48.5 Å². The molecular weight excluding hydrogens is 372 g/mol. The summed E-state index contributed by atoms with van der Waals surface area (Å²) in [7, 11) is 0. The molecule has 0 spiro atoms. The van der Waals surface area contributed by atoms with E-state index in [0.717, 1.165) is 32.2 Å². The molecule has 2 amide bonds. The van der Waals surface area contributed by atoms with Crippen molar-refractivity contribution in [2.45, 2.75) is 31.7 Å². The highest BCUT2D eigenvalue weighted by Crippen LogP contribution is 2.24. The maximum absolute atomic E-state index is 13.1. The molecule has 3 aromatic rings. The van der Waals surface area contributed by atoms with Crippen LogP contribution < -0.4 is 5.32 Å². The summed E-state index contributed by atoms with van der Waals surface area (Å²) in [6.45, 7) is 0.810. The van der Waals surface area contributed by atoms with Crippen molar-refractivity contribution in [3.05, 3.63) is 102 Å². The summed E-state index contributed by atoms with van der Waals surface area (Å²) in [6.07, 6.45) is 4.08. The molecule has 1 aliphatic rings. The van der Waals surface area contributed by atoms with E-state index >= 15 is 0 Å². The molecule has 1 fully saturated rings.